The Morgan fingerprint density at radius 2 is 1.87 bits per heavy atom. The normalized spacial score (nSPS) is 24.9. The minimum absolute atomic E-state index is 0.230. The molecule has 31 heavy (non-hydrogen) atoms. The van der Waals surface area contributed by atoms with Crippen LogP contribution in [0.5, 0.6) is 0 Å². The van der Waals surface area contributed by atoms with Gasteiger partial charge in [0, 0.05) is 5.41 Å². The lowest BCUT2D eigenvalue weighted by Crippen LogP contribution is -2.56. The van der Waals surface area contributed by atoms with Crippen LogP contribution in [0.3, 0.4) is 0 Å². The highest BCUT2D eigenvalue weighted by Gasteiger charge is 2.60. The van der Waals surface area contributed by atoms with E-state index in [1.165, 1.54) is 11.4 Å². The van der Waals surface area contributed by atoms with E-state index in [4.69, 9.17) is 4.74 Å². The topological polar surface area (TPSA) is 63.7 Å². The van der Waals surface area contributed by atoms with Crippen molar-refractivity contribution in [3.8, 4) is 0 Å². The highest BCUT2D eigenvalue weighted by atomic mass is 32.2. The first-order chi connectivity index (χ1) is 14.7. The van der Waals surface area contributed by atoms with Crippen LogP contribution in [-0.2, 0) is 25.0 Å². The first kappa shape index (κ1) is 21.6. The van der Waals surface area contributed by atoms with Crippen LogP contribution in [0.4, 0.5) is 5.69 Å². The zero-order valence-electron chi connectivity index (χ0n) is 18.3. The fourth-order valence-electron chi connectivity index (χ4n) is 5.57. The average Bonchev–Trinajstić information content (AvgIpc) is 3.03. The van der Waals surface area contributed by atoms with E-state index in [1.54, 1.807) is 24.3 Å². The number of aryl methyl sites for hydroxylation is 1. The summed E-state index contributed by atoms with van der Waals surface area (Å²) in [4.78, 5) is 13.1. The van der Waals surface area contributed by atoms with Crippen molar-refractivity contribution in [3.05, 3.63) is 71.8 Å². The van der Waals surface area contributed by atoms with Crippen molar-refractivity contribution >= 4 is 21.7 Å². The molecule has 0 N–H and O–H groups in total. The number of benzene rings is 2. The number of esters is 1. The largest absolute Gasteiger partial charge is 0.469 e. The number of fused-ring (bicyclic) bond motifs is 3. The Balaban J connectivity index is 1.98. The lowest BCUT2D eigenvalue weighted by atomic mass is 9.61. The van der Waals surface area contributed by atoms with Gasteiger partial charge in [0.15, 0.2) is 0 Å². The zero-order chi connectivity index (χ0) is 22.4. The molecule has 5 nitrogen and oxygen atoms in total. The van der Waals surface area contributed by atoms with Crippen LogP contribution in [0.2, 0.25) is 0 Å². The summed E-state index contributed by atoms with van der Waals surface area (Å²) in [5.74, 6) is -0.890. The average molecular weight is 440 g/mol. The zero-order valence-corrected chi connectivity index (χ0v) is 19.1. The Morgan fingerprint density at radius 3 is 2.52 bits per heavy atom. The summed E-state index contributed by atoms with van der Waals surface area (Å²) in [6.07, 6.45) is 2.86. The number of methoxy groups -OCH3 is 1. The van der Waals surface area contributed by atoms with Crippen LogP contribution in [-0.4, -0.2) is 27.5 Å². The molecule has 1 aliphatic carbocycles. The second-order valence-electron chi connectivity index (χ2n) is 8.89. The molecule has 0 aromatic heterocycles. The number of sulfonamides is 1. The van der Waals surface area contributed by atoms with Gasteiger partial charge < -0.3 is 4.74 Å². The van der Waals surface area contributed by atoms with Crippen molar-refractivity contribution < 1.29 is 17.9 Å². The second kappa shape index (κ2) is 7.83. The number of hydrogen-bond acceptors (Lipinski definition) is 4. The molecule has 2 aromatic rings. The number of rotatable bonds is 5. The molecule has 1 aliphatic heterocycles. The maximum Gasteiger partial charge on any atom is 0.310 e. The summed E-state index contributed by atoms with van der Waals surface area (Å²) in [5.41, 5.74) is 3.09. The minimum atomic E-state index is -3.89. The highest BCUT2D eigenvalue weighted by Crippen LogP contribution is 2.58. The number of para-hydroxylation sites is 1. The van der Waals surface area contributed by atoms with Crippen LogP contribution in [0.15, 0.2) is 65.6 Å². The van der Waals surface area contributed by atoms with Crippen LogP contribution in [0.1, 0.15) is 43.7 Å². The maximum absolute atomic E-state index is 14.0. The van der Waals surface area contributed by atoms with Gasteiger partial charge in [-0.2, -0.15) is 0 Å². The Labute approximate surface area is 184 Å². The van der Waals surface area contributed by atoms with E-state index in [0.29, 0.717) is 18.5 Å². The Hall–Kier alpha value is -2.60. The number of nitrogens with zero attached hydrogens (tertiary/aromatic N) is 1. The van der Waals surface area contributed by atoms with Crippen molar-refractivity contribution in [2.45, 2.75) is 55.9 Å². The molecule has 6 heteroatoms. The van der Waals surface area contributed by atoms with Crippen molar-refractivity contribution in [1.82, 2.24) is 0 Å². The predicted molar refractivity (Wildman–Crippen MR) is 122 cm³/mol. The highest BCUT2D eigenvalue weighted by molar-refractivity contribution is 7.92. The van der Waals surface area contributed by atoms with Crippen LogP contribution in [0.25, 0.3) is 0 Å². The number of anilines is 1. The molecule has 1 fully saturated rings. The van der Waals surface area contributed by atoms with E-state index in [1.807, 2.05) is 38.1 Å². The third kappa shape index (κ3) is 3.37. The fourth-order valence-corrected chi connectivity index (χ4v) is 7.35. The monoisotopic (exact) mass is 439 g/mol. The summed E-state index contributed by atoms with van der Waals surface area (Å²) < 4.78 is 34.7. The van der Waals surface area contributed by atoms with Gasteiger partial charge in [0.1, 0.15) is 0 Å². The molecule has 0 radical (unpaired) electrons. The minimum Gasteiger partial charge on any atom is -0.469 e. The van der Waals surface area contributed by atoms with Crippen molar-refractivity contribution in [3.63, 3.8) is 0 Å². The van der Waals surface area contributed by atoms with Gasteiger partial charge in [-0.25, -0.2) is 8.42 Å². The number of ether oxygens (including phenoxy) is 1. The summed E-state index contributed by atoms with van der Waals surface area (Å²) in [6.45, 7) is 8.03. The van der Waals surface area contributed by atoms with E-state index in [0.717, 1.165) is 29.5 Å². The molecule has 0 bridgehead atoms. The molecular formula is C25H29NO4S. The molecule has 2 aromatic carbocycles. The third-order valence-corrected chi connectivity index (χ3v) is 8.52. The Kier molecular flexibility index (Phi) is 5.46. The Bertz CT molecular complexity index is 1120. The van der Waals surface area contributed by atoms with E-state index in [9.17, 15) is 13.2 Å². The number of hydrogen-bond donors (Lipinski definition) is 0. The smallest absolute Gasteiger partial charge is 0.310 e. The molecule has 1 heterocycles. The SMILES string of the molecule is C=C(C)C[C@@]12CCC[C@@H](C(=O)OC)[C@@H]1N(S(=O)(=O)c1ccc(C)cc1)c1ccccc12. The molecule has 3 atom stereocenters. The van der Waals surface area contributed by atoms with Crippen molar-refractivity contribution in [1.29, 1.82) is 0 Å². The summed E-state index contributed by atoms with van der Waals surface area (Å²) >= 11 is 0. The van der Waals surface area contributed by atoms with Gasteiger partial charge in [0.25, 0.3) is 10.0 Å². The molecular weight excluding hydrogens is 410 g/mol. The number of carbonyl (C=O) groups is 1. The number of allylic oxidation sites excluding steroid dienone is 1. The van der Waals surface area contributed by atoms with E-state index < -0.39 is 27.4 Å². The second-order valence-corrected chi connectivity index (χ2v) is 10.7. The van der Waals surface area contributed by atoms with Gasteiger partial charge in [0.2, 0.25) is 0 Å². The van der Waals surface area contributed by atoms with Gasteiger partial charge in [-0.1, -0.05) is 47.9 Å². The summed E-state index contributed by atoms with van der Waals surface area (Å²) in [6, 6.07) is 14.0. The fraction of sp³-hybridized carbons (Fsp3) is 0.400. The molecule has 0 spiro atoms. The van der Waals surface area contributed by atoms with E-state index >= 15 is 0 Å². The quantitative estimate of drug-likeness (QED) is 0.498. The van der Waals surface area contributed by atoms with Crippen molar-refractivity contribution in [2.75, 3.05) is 11.4 Å². The molecule has 164 valence electrons. The molecule has 0 saturated heterocycles. The first-order valence-electron chi connectivity index (χ1n) is 10.7. The van der Waals surface area contributed by atoms with Gasteiger partial charge in [-0.3, -0.25) is 9.10 Å². The van der Waals surface area contributed by atoms with E-state index in [-0.39, 0.29) is 10.9 Å². The summed E-state index contributed by atoms with van der Waals surface area (Å²) in [5, 5.41) is 0. The van der Waals surface area contributed by atoms with Crippen molar-refractivity contribution in [2.24, 2.45) is 5.92 Å². The Morgan fingerprint density at radius 1 is 1.19 bits per heavy atom. The summed E-state index contributed by atoms with van der Waals surface area (Å²) in [7, 11) is -2.52. The molecule has 4 rings (SSSR count). The van der Waals surface area contributed by atoms with Gasteiger partial charge in [-0.05, 0) is 56.9 Å². The maximum atomic E-state index is 14.0. The van der Waals surface area contributed by atoms with Crippen LogP contribution in [0, 0.1) is 12.8 Å². The standard InChI is InChI=1S/C25H29NO4S/c1-17(2)16-25-15-7-8-20(24(27)30-4)23(25)26(22-10-6-5-9-21(22)25)31(28,29)19-13-11-18(3)12-14-19/h5-6,9-14,20,23H,1,7-8,15-16H2,2-4H3/t20-,23+,25-/m1/s1. The van der Waals surface area contributed by atoms with Gasteiger partial charge in [0.05, 0.1) is 29.7 Å². The third-order valence-electron chi connectivity index (χ3n) is 6.71. The first-order valence-corrected chi connectivity index (χ1v) is 12.1. The molecule has 2 aliphatic rings. The molecule has 1 saturated carbocycles. The predicted octanol–water partition coefficient (Wildman–Crippen LogP) is 4.75. The van der Waals surface area contributed by atoms with E-state index in [2.05, 4.69) is 6.58 Å². The van der Waals surface area contributed by atoms with Crippen LogP contribution >= 0.6 is 0 Å². The van der Waals surface area contributed by atoms with Gasteiger partial charge in [-0.15, -0.1) is 6.58 Å². The lowest BCUT2D eigenvalue weighted by Gasteiger charge is -2.46. The number of carbonyl (C=O) groups excluding carboxylic acids is 1. The lowest BCUT2D eigenvalue weighted by molar-refractivity contribution is -0.148. The van der Waals surface area contributed by atoms with Crippen LogP contribution < -0.4 is 4.31 Å². The van der Waals surface area contributed by atoms with Gasteiger partial charge >= 0.3 is 5.97 Å². The molecule has 0 unspecified atom stereocenters. The molecule has 0 amide bonds.